The van der Waals surface area contributed by atoms with Crippen LogP contribution in [0.15, 0.2) is 30.3 Å². The molecule has 0 saturated carbocycles. The number of aliphatic hydroxyl groups excluding tert-OH is 1. The van der Waals surface area contributed by atoms with E-state index in [0.717, 1.165) is 5.56 Å². The smallest absolute Gasteiger partial charge is 0.232 e. The van der Waals surface area contributed by atoms with Gasteiger partial charge in [0, 0.05) is 19.3 Å². The highest BCUT2D eigenvalue weighted by molar-refractivity contribution is 7.99. The summed E-state index contributed by atoms with van der Waals surface area (Å²) in [7, 11) is 1.80. The van der Waals surface area contributed by atoms with Crippen LogP contribution in [-0.2, 0) is 11.3 Å². The lowest BCUT2D eigenvalue weighted by Crippen LogP contribution is -2.27. The molecule has 0 aliphatic carbocycles. The van der Waals surface area contributed by atoms with Gasteiger partial charge in [-0.3, -0.25) is 4.79 Å². The highest BCUT2D eigenvalue weighted by Crippen LogP contribution is 2.06. The first-order valence-corrected chi connectivity index (χ1v) is 6.36. The van der Waals surface area contributed by atoms with Crippen LogP contribution < -0.4 is 0 Å². The second-order valence-electron chi connectivity index (χ2n) is 3.51. The van der Waals surface area contributed by atoms with Gasteiger partial charge in [0.25, 0.3) is 0 Å². The Kier molecular flexibility index (Phi) is 5.96. The quantitative estimate of drug-likeness (QED) is 0.762. The van der Waals surface area contributed by atoms with Gasteiger partial charge in [0.2, 0.25) is 5.91 Å². The van der Waals surface area contributed by atoms with E-state index in [4.69, 9.17) is 5.11 Å². The topological polar surface area (TPSA) is 40.5 Å². The van der Waals surface area contributed by atoms with Crippen molar-refractivity contribution in [2.45, 2.75) is 6.54 Å². The Morgan fingerprint density at radius 1 is 1.38 bits per heavy atom. The molecule has 0 aliphatic rings. The van der Waals surface area contributed by atoms with Crippen molar-refractivity contribution in [1.82, 2.24) is 4.90 Å². The zero-order valence-electron chi connectivity index (χ0n) is 9.43. The summed E-state index contributed by atoms with van der Waals surface area (Å²) in [5, 5.41) is 8.61. The Labute approximate surface area is 100 Å². The van der Waals surface area contributed by atoms with E-state index in [1.807, 2.05) is 30.3 Å². The molecule has 1 N–H and O–H groups in total. The summed E-state index contributed by atoms with van der Waals surface area (Å²) in [6.45, 7) is 0.764. The normalized spacial score (nSPS) is 10.1. The summed E-state index contributed by atoms with van der Waals surface area (Å²) in [6.07, 6.45) is 0. The molecule has 0 atom stereocenters. The molecule has 3 nitrogen and oxygen atoms in total. The van der Waals surface area contributed by atoms with Gasteiger partial charge < -0.3 is 10.0 Å². The molecule has 0 bridgehead atoms. The first kappa shape index (κ1) is 13.1. The van der Waals surface area contributed by atoms with Crippen LogP contribution in [0, 0.1) is 0 Å². The highest BCUT2D eigenvalue weighted by atomic mass is 32.2. The number of carbonyl (C=O) groups is 1. The number of thioether (sulfide) groups is 1. The number of benzene rings is 1. The molecule has 1 amide bonds. The Balaban J connectivity index is 2.34. The number of nitrogens with zero attached hydrogens (tertiary/aromatic N) is 1. The van der Waals surface area contributed by atoms with Gasteiger partial charge in [-0.1, -0.05) is 30.3 Å². The molecule has 0 aliphatic heterocycles. The summed E-state index contributed by atoms with van der Waals surface area (Å²) in [6, 6.07) is 9.90. The summed E-state index contributed by atoms with van der Waals surface area (Å²) >= 11 is 1.46. The van der Waals surface area contributed by atoms with Gasteiger partial charge in [0.15, 0.2) is 0 Å². The second-order valence-corrected chi connectivity index (χ2v) is 4.62. The molecule has 4 heteroatoms. The van der Waals surface area contributed by atoms with Crippen molar-refractivity contribution in [2.24, 2.45) is 0 Å². The maximum Gasteiger partial charge on any atom is 0.232 e. The number of amides is 1. The number of aliphatic hydroxyl groups is 1. The average molecular weight is 239 g/mol. The van der Waals surface area contributed by atoms with Crippen LogP contribution in [0.5, 0.6) is 0 Å². The number of carbonyl (C=O) groups excluding carboxylic acids is 1. The maximum atomic E-state index is 11.6. The Morgan fingerprint density at radius 2 is 2.06 bits per heavy atom. The third-order valence-electron chi connectivity index (χ3n) is 2.15. The van der Waals surface area contributed by atoms with Crippen LogP contribution in [0.4, 0.5) is 0 Å². The van der Waals surface area contributed by atoms with Crippen LogP contribution >= 0.6 is 11.8 Å². The standard InChI is InChI=1S/C12H17NO2S/c1-13(12(15)10-16-8-7-14)9-11-5-3-2-4-6-11/h2-6,14H,7-10H2,1H3. The van der Waals surface area contributed by atoms with Crippen molar-refractivity contribution in [2.75, 3.05) is 25.2 Å². The minimum Gasteiger partial charge on any atom is -0.396 e. The maximum absolute atomic E-state index is 11.6. The van der Waals surface area contributed by atoms with Crippen LogP contribution in [0.25, 0.3) is 0 Å². The van der Waals surface area contributed by atoms with Crippen molar-refractivity contribution in [3.05, 3.63) is 35.9 Å². The monoisotopic (exact) mass is 239 g/mol. The van der Waals surface area contributed by atoms with Crippen LogP contribution in [0.3, 0.4) is 0 Å². The van der Waals surface area contributed by atoms with Crippen molar-refractivity contribution >= 4 is 17.7 Å². The molecule has 0 saturated heterocycles. The Morgan fingerprint density at radius 3 is 2.69 bits per heavy atom. The average Bonchev–Trinajstić information content (AvgIpc) is 2.30. The van der Waals surface area contributed by atoms with E-state index in [1.165, 1.54) is 11.8 Å². The van der Waals surface area contributed by atoms with Gasteiger partial charge in [-0.25, -0.2) is 0 Å². The molecule has 1 aromatic rings. The molecule has 0 radical (unpaired) electrons. The number of rotatable bonds is 6. The highest BCUT2D eigenvalue weighted by Gasteiger charge is 2.08. The van der Waals surface area contributed by atoms with Gasteiger partial charge in [0.1, 0.15) is 0 Å². The van der Waals surface area contributed by atoms with Crippen molar-refractivity contribution in [3.8, 4) is 0 Å². The minimum absolute atomic E-state index is 0.0994. The molecular weight excluding hydrogens is 222 g/mol. The fourth-order valence-corrected chi connectivity index (χ4v) is 1.95. The van der Waals surface area contributed by atoms with Crippen LogP contribution in [0.1, 0.15) is 5.56 Å². The van der Waals surface area contributed by atoms with Crippen molar-refractivity contribution in [1.29, 1.82) is 0 Å². The zero-order chi connectivity index (χ0) is 11.8. The number of hydrogen-bond acceptors (Lipinski definition) is 3. The lowest BCUT2D eigenvalue weighted by Gasteiger charge is -2.16. The molecule has 16 heavy (non-hydrogen) atoms. The fraction of sp³-hybridized carbons (Fsp3) is 0.417. The molecule has 88 valence electrons. The second kappa shape index (κ2) is 7.30. The molecule has 1 rings (SSSR count). The predicted molar refractivity (Wildman–Crippen MR) is 67.3 cm³/mol. The lowest BCUT2D eigenvalue weighted by atomic mass is 10.2. The SMILES string of the molecule is CN(Cc1ccccc1)C(=O)CSCCO. The van der Waals surface area contributed by atoms with Crippen LogP contribution in [-0.4, -0.2) is 41.1 Å². The van der Waals surface area contributed by atoms with Gasteiger partial charge >= 0.3 is 0 Å². The van der Waals surface area contributed by atoms with Crippen molar-refractivity contribution in [3.63, 3.8) is 0 Å². The largest absolute Gasteiger partial charge is 0.396 e. The van der Waals surface area contributed by atoms with E-state index in [2.05, 4.69) is 0 Å². The molecule has 0 fully saturated rings. The molecule has 0 spiro atoms. The van der Waals surface area contributed by atoms with E-state index in [9.17, 15) is 4.79 Å². The van der Waals surface area contributed by atoms with Crippen LogP contribution in [0.2, 0.25) is 0 Å². The molecule has 0 unspecified atom stereocenters. The molecule has 1 aromatic carbocycles. The van der Waals surface area contributed by atoms with Gasteiger partial charge in [-0.2, -0.15) is 0 Å². The Bertz CT molecular complexity index is 316. The zero-order valence-corrected chi connectivity index (χ0v) is 10.2. The summed E-state index contributed by atoms with van der Waals surface area (Å²) in [5.74, 6) is 1.15. The molecular formula is C12H17NO2S. The van der Waals surface area contributed by atoms with Gasteiger partial charge in [-0.15, -0.1) is 11.8 Å². The minimum atomic E-state index is 0.0994. The molecule has 0 aromatic heterocycles. The molecule has 0 heterocycles. The van der Waals surface area contributed by atoms with Gasteiger partial charge in [-0.05, 0) is 5.56 Å². The predicted octanol–water partition coefficient (Wildman–Crippen LogP) is 1.37. The first-order chi connectivity index (χ1) is 7.74. The lowest BCUT2D eigenvalue weighted by molar-refractivity contribution is -0.127. The first-order valence-electron chi connectivity index (χ1n) is 5.20. The summed E-state index contributed by atoms with van der Waals surface area (Å²) in [5.41, 5.74) is 1.13. The van der Waals surface area contributed by atoms with E-state index in [0.29, 0.717) is 18.1 Å². The van der Waals surface area contributed by atoms with E-state index >= 15 is 0 Å². The van der Waals surface area contributed by atoms with Crippen molar-refractivity contribution < 1.29 is 9.90 Å². The fourth-order valence-electron chi connectivity index (χ4n) is 1.28. The number of hydrogen-bond donors (Lipinski definition) is 1. The van der Waals surface area contributed by atoms with E-state index < -0.39 is 0 Å². The summed E-state index contributed by atoms with van der Waals surface area (Å²) < 4.78 is 0. The van der Waals surface area contributed by atoms with E-state index in [-0.39, 0.29) is 12.5 Å². The van der Waals surface area contributed by atoms with E-state index in [1.54, 1.807) is 11.9 Å². The summed E-state index contributed by atoms with van der Waals surface area (Å²) in [4.78, 5) is 13.4. The van der Waals surface area contributed by atoms with Gasteiger partial charge in [0.05, 0.1) is 12.4 Å². The Hall–Kier alpha value is -1.00. The third kappa shape index (κ3) is 4.68. The third-order valence-corrected chi connectivity index (χ3v) is 3.07.